The topological polar surface area (TPSA) is 9.23 Å². The van der Waals surface area contributed by atoms with E-state index in [1.165, 1.54) is 38.5 Å². The first kappa shape index (κ1) is 25.4. The number of aryl methyl sites for hydroxylation is 1. The molecule has 2 aromatic rings. The molecule has 8 heteroatoms. The first-order valence-corrected chi connectivity index (χ1v) is 11.3. The average molecular weight is 476 g/mol. The molecular weight excluding hydrogens is 449 g/mol. The normalized spacial score (nSPS) is 19.0. The summed E-state index contributed by atoms with van der Waals surface area (Å²) in [5.41, 5.74) is -0.833. The molecule has 0 heterocycles. The van der Waals surface area contributed by atoms with E-state index >= 15 is 0 Å². The van der Waals surface area contributed by atoms with Gasteiger partial charge in [-0.05, 0) is 60.1 Å². The average Bonchev–Trinajstić information content (AvgIpc) is 2.71. The van der Waals surface area contributed by atoms with E-state index in [0.29, 0.717) is 30.0 Å². The Kier molecular flexibility index (Phi) is 8.29. The zero-order valence-corrected chi connectivity index (χ0v) is 18.4. The first-order chi connectivity index (χ1) is 15.6. The van der Waals surface area contributed by atoms with Crippen LogP contribution in [0.25, 0.3) is 11.1 Å². The Morgan fingerprint density at radius 1 is 0.788 bits per heavy atom. The quantitative estimate of drug-likeness (QED) is 0.346. The first-order valence-electron chi connectivity index (χ1n) is 11.3. The van der Waals surface area contributed by atoms with Gasteiger partial charge in [-0.15, -0.1) is 13.2 Å². The maximum absolute atomic E-state index is 14.6. The number of benzene rings is 2. The summed E-state index contributed by atoms with van der Waals surface area (Å²) in [6.45, 7) is 2.19. The molecule has 0 bridgehead atoms. The zero-order chi connectivity index (χ0) is 24.2. The number of hydrogen-bond acceptors (Lipinski definition) is 1. The summed E-state index contributed by atoms with van der Waals surface area (Å²) >= 11 is 0. The third kappa shape index (κ3) is 6.87. The molecule has 0 radical (unpaired) electrons. The van der Waals surface area contributed by atoms with Gasteiger partial charge in [-0.3, -0.25) is 0 Å². The van der Waals surface area contributed by atoms with Crippen LogP contribution in [0.4, 0.5) is 30.7 Å². The molecule has 0 unspecified atom stereocenters. The number of ether oxygens (including phenoxy) is 1. The highest BCUT2D eigenvalue weighted by Crippen LogP contribution is 2.36. The van der Waals surface area contributed by atoms with Gasteiger partial charge in [0.05, 0.1) is 5.56 Å². The van der Waals surface area contributed by atoms with E-state index in [2.05, 4.69) is 11.7 Å². The smallest absolute Gasteiger partial charge is 0.399 e. The summed E-state index contributed by atoms with van der Waals surface area (Å²) in [5.74, 6) is -5.73. The van der Waals surface area contributed by atoms with E-state index in [0.717, 1.165) is 30.9 Å². The van der Waals surface area contributed by atoms with E-state index in [-0.39, 0.29) is 0 Å². The Hall–Kier alpha value is -2.25. The molecule has 182 valence electrons. The van der Waals surface area contributed by atoms with Crippen LogP contribution < -0.4 is 4.74 Å². The molecule has 0 amide bonds. The minimum Gasteiger partial charge on any atom is -0.399 e. The molecule has 1 fully saturated rings. The summed E-state index contributed by atoms with van der Waals surface area (Å²) < 4.78 is 97.4. The van der Waals surface area contributed by atoms with Gasteiger partial charge in [0.2, 0.25) is 5.75 Å². The SMILES string of the molecule is CCCC1CCC(CCCc2cc(F)c(-c3cc(F)c(OC(F)(F)F)c(F)c3)c(F)c2)CC1. The van der Waals surface area contributed by atoms with Crippen LogP contribution >= 0.6 is 0 Å². The van der Waals surface area contributed by atoms with Gasteiger partial charge in [-0.1, -0.05) is 51.9 Å². The highest BCUT2D eigenvalue weighted by Gasteiger charge is 2.34. The summed E-state index contributed by atoms with van der Waals surface area (Å²) in [5, 5.41) is 0. The standard InChI is InChI=1S/C25H27F7O/c1-2-4-15-7-9-16(10-8-15)5-3-6-17-11-19(26)23(20(27)12-17)18-13-21(28)24(22(29)14-18)33-25(30,31)32/h11-16H,2-10H2,1H3. The molecule has 0 aromatic heterocycles. The van der Waals surface area contributed by atoms with Crippen molar-refractivity contribution in [1.29, 1.82) is 0 Å². The predicted molar refractivity (Wildman–Crippen MR) is 112 cm³/mol. The summed E-state index contributed by atoms with van der Waals surface area (Å²) in [7, 11) is 0. The molecule has 1 aliphatic rings. The fourth-order valence-electron chi connectivity index (χ4n) is 4.78. The van der Waals surface area contributed by atoms with E-state index in [4.69, 9.17) is 0 Å². The van der Waals surface area contributed by atoms with Crippen LogP contribution in [0.3, 0.4) is 0 Å². The Morgan fingerprint density at radius 3 is 1.79 bits per heavy atom. The third-order valence-corrected chi connectivity index (χ3v) is 6.35. The molecule has 0 N–H and O–H groups in total. The fourth-order valence-corrected chi connectivity index (χ4v) is 4.78. The van der Waals surface area contributed by atoms with Crippen LogP contribution in [-0.2, 0) is 6.42 Å². The molecule has 1 saturated carbocycles. The lowest BCUT2D eigenvalue weighted by molar-refractivity contribution is -0.276. The fraction of sp³-hybridized carbons (Fsp3) is 0.520. The van der Waals surface area contributed by atoms with Gasteiger partial charge < -0.3 is 4.74 Å². The minimum absolute atomic E-state index is 0.417. The van der Waals surface area contributed by atoms with Crippen LogP contribution in [-0.4, -0.2) is 6.36 Å². The van der Waals surface area contributed by atoms with Crippen molar-refractivity contribution < 1.29 is 35.5 Å². The lowest BCUT2D eigenvalue weighted by atomic mass is 9.78. The predicted octanol–water partition coefficient (Wildman–Crippen LogP) is 8.74. The summed E-state index contributed by atoms with van der Waals surface area (Å²) in [6.07, 6.45) is 4.19. The minimum atomic E-state index is -5.31. The van der Waals surface area contributed by atoms with Gasteiger partial charge >= 0.3 is 6.36 Å². The van der Waals surface area contributed by atoms with Crippen molar-refractivity contribution in [1.82, 2.24) is 0 Å². The summed E-state index contributed by atoms with van der Waals surface area (Å²) in [6, 6.07) is 3.04. The highest BCUT2D eigenvalue weighted by atomic mass is 19.4. The Bertz CT molecular complexity index is 900. The van der Waals surface area contributed by atoms with Gasteiger partial charge in [-0.2, -0.15) is 0 Å². The molecule has 1 nitrogen and oxygen atoms in total. The van der Waals surface area contributed by atoms with Crippen LogP contribution in [0.2, 0.25) is 0 Å². The molecular formula is C25H27F7O. The monoisotopic (exact) mass is 476 g/mol. The van der Waals surface area contributed by atoms with E-state index in [1.54, 1.807) is 0 Å². The zero-order valence-electron chi connectivity index (χ0n) is 18.4. The van der Waals surface area contributed by atoms with Crippen LogP contribution in [0.1, 0.15) is 63.9 Å². The molecule has 0 aliphatic heterocycles. The van der Waals surface area contributed by atoms with E-state index in [9.17, 15) is 30.7 Å². The van der Waals surface area contributed by atoms with Crippen molar-refractivity contribution in [2.75, 3.05) is 0 Å². The molecule has 2 aromatic carbocycles. The van der Waals surface area contributed by atoms with Gasteiger partial charge in [0.25, 0.3) is 0 Å². The number of rotatable bonds is 8. The van der Waals surface area contributed by atoms with Gasteiger partial charge in [0.1, 0.15) is 11.6 Å². The van der Waals surface area contributed by atoms with Crippen molar-refractivity contribution in [3.63, 3.8) is 0 Å². The maximum atomic E-state index is 14.6. The van der Waals surface area contributed by atoms with E-state index < -0.39 is 46.5 Å². The second kappa shape index (κ2) is 10.8. The molecule has 0 saturated heterocycles. The van der Waals surface area contributed by atoms with Gasteiger partial charge in [0, 0.05) is 0 Å². The highest BCUT2D eigenvalue weighted by molar-refractivity contribution is 5.66. The van der Waals surface area contributed by atoms with Crippen LogP contribution in [0.15, 0.2) is 24.3 Å². The molecule has 0 atom stereocenters. The second-order valence-electron chi connectivity index (χ2n) is 8.82. The van der Waals surface area contributed by atoms with Crippen molar-refractivity contribution in [3.8, 4) is 16.9 Å². The Balaban J connectivity index is 1.66. The molecule has 3 rings (SSSR count). The third-order valence-electron chi connectivity index (χ3n) is 6.35. The number of halogens is 7. The van der Waals surface area contributed by atoms with Crippen molar-refractivity contribution in [2.45, 2.75) is 71.1 Å². The van der Waals surface area contributed by atoms with Crippen molar-refractivity contribution >= 4 is 0 Å². The van der Waals surface area contributed by atoms with E-state index in [1.807, 2.05) is 0 Å². The van der Waals surface area contributed by atoms with Crippen LogP contribution in [0.5, 0.6) is 5.75 Å². The Morgan fingerprint density at radius 2 is 1.30 bits per heavy atom. The van der Waals surface area contributed by atoms with Crippen LogP contribution in [0, 0.1) is 35.1 Å². The van der Waals surface area contributed by atoms with Crippen molar-refractivity contribution in [2.24, 2.45) is 11.8 Å². The Labute approximate surface area is 188 Å². The number of alkyl halides is 3. The van der Waals surface area contributed by atoms with Crippen molar-refractivity contribution in [3.05, 3.63) is 53.1 Å². The lowest BCUT2D eigenvalue weighted by Crippen LogP contribution is -2.19. The van der Waals surface area contributed by atoms with Gasteiger partial charge in [0.15, 0.2) is 11.6 Å². The summed E-state index contributed by atoms with van der Waals surface area (Å²) in [4.78, 5) is 0. The molecule has 33 heavy (non-hydrogen) atoms. The maximum Gasteiger partial charge on any atom is 0.573 e. The lowest BCUT2D eigenvalue weighted by Gasteiger charge is -2.28. The second-order valence-corrected chi connectivity index (χ2v) is 8.82. The molecule has 0 spiro atoms. The number of hydrogen-bond donors (Lipinski definition) is 0. The largest absolute Gasteiger partial charge is 0.573 e. The van der Waals surface area contributed by atoms with Gasteiger partial charge in [-0.25, -0.2) is 17.6 Å². The molecule has 1 aliphatic carbocycles.